The van der Waals surface area contributed by atoms with Crippen molar-refractivity contribution < 1.29 is 14.7 Å². The summed E-state index contributed by atoms with van der Waals surface area (Å²) in [5.74, 6) is -0.329. The third-order valence-electron chi connectivity index (χ3n) is 5.46. The van der Waals surface area contributed by atoms with Gasteiger partial charge < -0.3 is 20.2 Å². The van der Waals surface area contributed by atoms with Gasteiger partial charge in [-0.3, -0.25) is 14.3 Å². The van der Waals surface area contributed by atoms with E-state index in [9.17, 15) is 14.7 Å². The van der Waals surface area contributed by atoms with E-state index >= 15 is 0 Å². The summed E-state index contributed by atoms with van der Waals surface area (Å²) in [4.78, 5) is 28.8. The topological polar surface area (TPSA) is 90.7 Å². The number of nitrogens with one attached hydrogen (secondary N) is 1. The molecule has 2 saturated heterocycles. The van der Waals surface area contributed by atoms with Crippen molar-refractivity contribution in [3.05, 3.63) is 47.8 Å². The van der Waals surface area contributed by atoms with Gasteiger partial charge in [0.1, 0.15) is 11.4 Å². The summed E-state index contributed by atoms with van der Waals surface area (Å²) in [5, 5.41) is 17.7. The highest BCUT2D eigenvalue weighted by atomic mass is 16.3. The van der Waals surface area contributed by atoms with Gasteiger partial charge in [-0.05, 0) is 37.6 Å². The fraction of sp³-hybridized carbons (Fsp3) is 0.450. The lowest BCUT2D eigenvalue weighted by Gasteiger charge is -2.34. The quantitative estimate of drug-likeness (QED) is 0.829. The Morgan fingerprint density at radius 3 is 2.43 bits per heavy atom. The maximum Gasteiger partial charge on any atom is 0.274 e. The van der Waals surface area contributed by atoms with Gasteiger partial charge in [0, 0.05) is 38.9 Å². The summed E-state index contributed by atoms with van der Waals surface area (Å²) in [5.41, 5.74) is 0.744. The first-order valence-electron chi connectivity index (χ1n) is 9.76. The number of carbonyl (C=O) groups excluding carboxylic acids is 2. The number of amides is 2. The van der Waals surface area contributed by atoms with Crippen LogP contribution in [0.4, 0.5) is 0 Å². The van der Waals surface area contributed by atoms with E-state index < -0.39 is 0 Å². The van der Waals surface area contributed by atoms with E-state index in [2.05, 4.69) is 10.4 Å². The molecule has 0 radical (unpaired) electrons. The molecule has 3 heterocycles. The average molecular weight is 383 g/mol. The Bertz CT molecular complexity index is 851. The zero-order chi connectivity index (χ0) is 19.5. The second kappa shape index (κ2) is 8.02. The number of phenolic OH excluding ortho intramolecular Hbond substituents is 1. The van der Waals surface area contributed by atoms with Crippen LogP contribution in [0.25, 0.3) is 0 Å². The summed E-state index contributed by atoms with van der Waals surface area (Å²) in [6.45, 7) is 3.69. The second-order valence-electron chi connectivity index (χ2n) is 7.28. The summed E-state index contributed by atoms with van der Waals surface area (Å²) in [7, 11) is 0. The molecule has 8 heteroatoms. The SMILES string of the molecule is O=C(c1ccn(C2CCCNC2)n1)N1CCN(C(=O)c2ccccc2O)CC1. The summed E-state index contributed by atoms with van der Waals surface area (Å²) >= 11 is 0. The third-order valence-corrected chi connectivity index (χ3v) is 5.46. The molecule has 4 rings (SSSR count). The largest absolute Gasteiger partial charge is 0.507 e. The van der Waals surface area contributed by atoms with Gasteiger partial charge in [0.2, 0.25) is 0 Å². The van der Waals surface area contributed by atoms with E-state index in [1.165, 1.54) is 6.07 Å². The number of hydrogen-bond donors (Lipinski definition) is 2. The van der Waals surface area contributed by atoms with E-state index in [0.717, 1.165) is 25.9 Å². The first-order valence-corrected chi connectivity index (χ1v) is 9.76. The predicted molar refractivity (Wildman–Crippen MR) is 103 cm³/mol. The van der Waals surface area contributed by atoms with Crippen LogP contribution in [0.15, 0.2) is 36.5 Å². The molecular weight excluding hydrogens is 358 g/mol. The molecule has 148 valence electrons. The van der Waals surface area contributed by atoms with Crippen LogP contribution in [-0.4, -0.2) is 75.8 Å². The van der Waals surface area contributed by atoms with Crippen LogP contribution in [0.1, 0.15) is 39.7 Å². The number of phenols is 1. The highest BCUT2D eigenvalue weighted by Crippen LogP contribution is 2.20. The molecule has 2 N–H and O–H groups in total. The van der Waals surface area contributed by atoms with Gasteiger partial charge in [0.15, 0.2) is 0 Å². The van der Waals surface area contributed by atoms with Gasteiger partial charge in [0.25, 0.3) is 11.8 Å². The Morgan fingerprint density at radius 2 is 1.75 bits per heavy atom. The maximum atomic E-state index is 12.8. The van der Waals surface area contributed by atoms with Crippen molar-refractivity contribution >= 4 is 11.8 Å². The monoisotopic (exact) mass is 383 g/mol. The number of para-hydroxylation sites is 1. The van der Waals surface area contributed by atoms with Crippen LogP contribution < -0.4 is 5.32 Å². The number of carbonyl (C=O) groups is 2. The summed E-state index contributed by atoms with van der Waals surface area (Å²) in [6.07, 6.45) is 4.05. The number of nitrogens with zero attached hydrogens (tertiary/aromatic N) is 4. The number of aromatic hydroxyl groups is 1. The first kappa shape index (κ1) is 18.5. The van der Waals surface area contributed by atoms with Crippen LogP contribution >= 0.6 is 0 Å². The number of hydrogen-bond acceptors (Lipinski definition) is 5. The van der Waals surface area contributed by atoms with Crippen molar-refractivity contribution in [1.29, 1.82) is 0 Å². The Labute approximate surface area is 163 Å². The first-order chi connectivity index (χ1) is 13.6. The normalized spacial score (nSPS) is 20.2. The van der Waals surface area contributed by atoms with E-state index in [0.29, 0.717) is 43.5 Å². The molecule has 1 aromatic carbocycles. The summed E-state index contributed by atoms with van der Waals surface area (Å²) in [6, 6.07) is 8.60. The van der Waals surface area contributed by atoms with Gasteiger partial charge in [-0.25, -0.2) is 0 Å². The fourth-order valence-corrected chi connectivity index (χ4v) is 3.81. The van der Waals surface area contributed by atoms with Crippen LogP contribution in [0, 0.1) is 0 Å². The maximum absolute atomic E-state index is 12.8. The number of piperazine rings is 1. The highest BCUT2D eigenvalue weighted by molar-refractivity contribution is 5.97. The molecule has 1 unspecified atom stereocenters. The van der Waals surface area contributed by atoms with Crippen molar-refractivity contribution in [1.82, 2.24) is 24.9 Å². The number of piperidine rings is 1. The van der Waals surface area contributed by atoms with Crippen molar-refractivity contribution in [2.24, 2.45) is 0 Å². The van der Waals surface area contributed by atoms with Crippen molar-refractivity contribution in [3.8, 4) is 5.75 Å². The minimum Gasteiger partial charge on any atom is -0.507 e. The number of benzene rings is 1. The molecule has 0 saturated carbocycles. The lowest BCUT2D eigenvalue weighted by Crippen LogP contribution is -2.50. The molecule has 0 aliphatic carbocycles. The Hall–Kier alpha value is -2.87. The highest BCUT2D eigenvalue weighted by Gasteiger charge is 2.28. The lowest BCUT2D eigenvalue weighted by molar-refractivity contribution is 0.0530. The minimum atomic E-state index is -0.209. The van der Waals surface area contributed by atoms with Crippen molar-refractivity contribution in [2.45, 2.75) is 18.9 Å². The zero-order valence-electron chi connectivity index (χ0n) is 15.8. The molecule has 2 aliphatic heterocycles. The van der Waals surface area contributed by atoms with Crippen LogP contribution in [0.5, 0.6) is 5.75 Å². The molecule has 0 bridgehead atoms. The lowest BCUT2D eigenvalue weighted by atomic mass is 10.1. The van der Waals surface area contributed by atoms with Crippen molar-refractivity contribution in [2.75, 3.05) is 39.3 Å². The molecule has 2 fully saturated rings. The van der Waals surface area contributed by atoms with E-state index in [1.54, 1.807) is 34.1 Å². The Balaban J connectivity index is 1.36. The molecular formula is C20H25N5O3. The van der Waals surface area contributed by atoms with Crippen LogP contribution in [-0.2, 0) is 0 Å². The van der Waals surface area contributed by atoms with Gasteiger partial charge in [-0.1, -0.05) is 12.1 Å². The third kappa shape index (κ3) is 3.73. The average Bonchev–Trinajstić information content (AvgIpc) is 3.24. The smallest absolute Gasteiger partial charge is 0.274 e. The molecule has 8 nitrogen and oxygen atoms in total. The van der Waals surface area contributed by atoms with Gasteiger partial charge in [0.05, 0.1) is 11.6 Å². The van der Waals surface area contributed by atoms with E-state index in [-0.39, 0.29) is 17.6 Å². The van der Waals surface area contributed by atoms with E-state index in [4.69, 9.17) is 0 Å². The van der Waals surface area contributed by atoms with Gasteiger partial charge in [-0.2, -0.15) is 5.10 Å². The number of aromatic nitrogens is 2. The molecule has 2 aliphatic rings. The van der Waals surface area contributed by atoms with Crippen LogP contribution in [0.2, 0.25) is 0 Å². The number of rotatable bonds is 3. The Morgan fingerprint density at radius 1 is 1.04 bits per heavy atom. The molecule has 28 heavy (non-hydrogen) atoms. The predicted octanol–water partition coefficient (Wildman–Crippen LogP) is 1.11. The summed E-state index contributed by atoms with van der Waals surface area (Å²) < 4.78 is 1.89. The Kier molecular flexibility index (Phi) is 5.29. The van der Waals surface area contributed by atoms with Gasteiger partial charge >= 0.3 is 0 Å². The molecule has 0 spiro atoms. The molecule has 1 aromatic heterocycles. The van der Waals surface area contributed by atoms with Gasteiger partial charge in [-0.15, -0.1) is 0 Å². The van der Waals surface area contributed by atoms with Crippen LogP contribution in [0.3, 0.4) is 0 Å². The molecule has 1 atom stereocenters. The molecule has 2 aromatic rings. The standard InChI is InChI=1S/C20H25N5O3/c26-18-6-2-1-5-16(18)19(27)23-10-12-24(13-11-23)20(28)17-7-9-25(22-17)15-4-3-8-21-14-15/h1-2,5-7,9,15,21,26H,3-4,8,10-14H2. The fourth-order valence-electron chi connectivity index (χ4n) is 3.81. The van der Waals surface area contributed by atoms with Crippen molar-refractivity contribution in [3.63, 3.8) is 0 Å². The second-order valence-corrected chi connectivity index (χ2v) is 7.28. The molecule has 2 amide bonds. The zero-order valence-corrected chi connectivity index (χ0v) is 15.8. The van der Waals surface area contributed by atoms with E-state index in [1.807, 2.05) is 10.9 Å². The minimum absolute atomic E-state index is 0.0197.